The van der Waals surface area contributed by atoms with Crippen LogP contribution in [0.3, 0.4) is 0 Å². The van der Waals surface area contributed by atoms with Crippen LogP contribution in [0.25, 0.3) is 0 Å². The van der Waals surface area contributed by atoms with Crippen LogP contribution in [0.1, 0.15) is 12.6 Å². The minimum Gasteiger partial charge on any atom is -0.379 e. The molecule has 1 aromatic carbocycles. The Balaban J connectivity index is 2.04. The van der Waals surface area contributed by atoms with Crippen LogP contribution in [-0.2, 0) is 18.4 Å². The van der Waals surface area contributed by atoms with Gasteiger partial charge in [-0.15, -0.1) is 0 Å². The number of nitrogens with one attached hydrogen (secondary N) is 2. The lowest BCUT2D eigenvalue weighted by atomic mass is 10.2. The number of hydrogen-bond donors (Lipinski definition) is 2. The molecule has 0 spiro atoms. The zero-order valence-electron chi connectivity index (χ0n) is 10.8. The number of nitrogens with zero attached hydrogens (tertiary/aromatic N) is 2. The van der Waals surface area contributed by atoms with Gasteiger partial charge in [0.1, 0.15) is 0 Å². The lowest BCUT2D eigenvalue weighted by molar-refractivity contribution is -0.114. The van der Waals surface area contributed by atoms with E-state index in [0.29, 0.717) is 17.3 Å². The van der Waals surface area contributed by atoms with Crippen molar-refractivity contribution in [2.45, 2.75) is 13.5 Å². The Morgan fingerprint density at radius 1 is 1.47 bits per heavy atom. The number of aromatic nitrogens is 2. The molecule has 100 valence electrons. The fraction of sp³-hybridized carbons (Fsp3) is 0.231. The summed E-state index contributed by atoms with van der Waals surface area (Å²) in [6.07, 6.45) is 3.56. The third-order valence-electron chi connectivity index (χ3n) is 2.67. The fourth-order valence-corrected chi connectivity index (χ4v) is 1.89. The van der Waals surface area contributed by atoms with Gasteiger partial charge in [-0.2, -0.15) is 0 Å². The summed E-state index contributed by atoms with van der Waals surface area (Å²) in [5, 5.41) is 6.42. The number of carbonyl (C=O) groups excluding carboxylic acids is 1. The predicted molar refractivity (Wildman–Crippen MR) is 76.3 cm³/mol. The van der Waals surface area contributed by atoms with Crippen molar-refractivity contribution in [2.24, 2.45) is 7.05 Å². The molecule has 0 bridgehead atoms. The fourth-order valence-electron chi connectivity index (χ4n) is 1.66. The molecule has 0 saturated heterocycles. The number of hydrogen-bond acceptors (Lipinski definition) is 3. The maximum atomic E-state index is 11.0. The van der Waals surface area contributed by atoms with E-state index in [1.807, 2.05) is 17.7 Å². The topological polar surface area (TPSA) is 59.0 Å². The van der Waals surface area contributed by atoms with Gasteiger partial charge in [0, 0.05) is 25.9 Å². The normalized spacial score (nSPS) is 10.3. The molecule has 5 nitrogen and oxygen atoms in total. The summed E-state index contributed by atoms with van der Waals surface area (Å²) in [5.41, 5.74) is 2.57. The first-order chi connectivity index (χ1) is 9.06. The van der Waals surface area contributed by atoms with Gasteiger partial charge in [0.05, 0.1) is 29.3 Å². The molecule has 0 saturated carbocycles. The number of benzene rings is 1. The number of aryl methyl sites for hydroxylation is 1. The van der Waals surface area contributed by atoms with Crippen molar-refractivity contribution in [3.8, 4) is 0 Å². The van der Waals surface area contributed by atoms with Gasteiger partial charge in [-0.25, -0.2) is 4.98 Å². The monoisotopic (exact) mass is 278 g/mol. The molecule has 2 aromatic rings. The molecule has 0 aliphatic rings. The van der Waals surface area contributed by atoms with Crippen molar-refractivity contribution in [1.82, 2.24) is 9.55 Å². The highest BCUT2D eigenvalue weighted by atomic mass is 35.5. The molecule has 1 aromatic heterocycles. The van der Waals surface area contributed by atoms with Crippen LogP contribution in [0.5, 0.6) is 0 Å². The molecule has 0 aliphatic carbocycles. The SMILES string of the molecule is CC(=O)Nc1ccc(NCc2cncn2C)cc1Cl. The standard InChI is InChI=1S/C13H15ClN4O/c1-9(19)17-13-4-3-10(5-12(13)14)16-7-11-6-15-8-18(11)2/h3-6,8,16H,7H2,1-2H3,(H,17,19). The van der Waals surface area contributed by atoms with Crippen LogP contribution in [0.15, 0.2) is 30.7 Å². The van der Waals surface area contributed by atoms with Gasteiger partial charge in [-0.05, 0) is 18.2 Å². The minimum absolute atomic E-state index is 0.141. The van der Waals surface area contributed by atoms with Gasteiger partial charge in [0.2, 0.25) is 5.91 Å². The molecule has 1 heterocycles. The summed E-state index contributed by atoms with van der Waals surface area (Å²) in [6, 6.07) is 5.42. The van der Waals surface area contributed by atoms with Gasteiger partial charge >= 0.3 is 0 Å². The van der Waals surface area contributed by atoms with E-state index in [1.165, 1.54) is 6.92 Å². The van der Waals surface area contributed by atoms with Gasteiger partial charge in [-0.3, -0.25) is 4.79 Å². The van der Waals surface area contributed by atoms with E-state index >= 15 is 0 Å². The van der Waals surface area contributed by atoms with E-state index in [-0.39, 0.29) is 5.91 Å². The highest BCUT2D eigenvalue weighted by Gasteiger charge is 2.04. The van der Waals surface area contributed by atoms with E-state index in [2.05, 4.69) is 15.6 Å². The molecule has 19 heavy (non-hydrogen) atoms. The molecule has 0 fully saturated rings. The van der Waals surface area contributed by atoms with Gasteiger partial charge in [0.15, 0.2) is 0 Å². The molecule has 6 heteroatoms. The van der Waals surface area contributed by atoms with Crippen molar-refractivity contribution in [2.75, 3.05) is 10.6 Å². The molecular weight excluding hydrogens is 264 g/mol. The van der Waals surface area contributed by atoms with Crippen molar-refractivity contribution in [3.63, 3.8) is 0 Å². The Hall–Kier alpha value is -2.01. The van der Waals surface area contributed by atoms with Crippen LogP contribution >= 0.6 is 11.6 Å². The van der Waals surface area contributed by atoms with Gasteiger partial charge in [-0.1, -0.05) is 11.6 Å². The number of carbonyl (C=O) groups is 1. The number of anilines is 2. The first-order valence-corrected chi connectivity index (χ1v) is 6.20. The lowest BCUT2D eigenvalue weighted by Crippen LogP contribution is -2.07. The van der Waals surface area contributed by atoms with Crippen molar-refractivity contribution >= 4 is 28.9 Å². The third kappa shape index (κ3) is 3.48. The molecule has 0 unspecified atom stereocenters. The van der Waals surface area contributed by atoms with Crippen LogP contribution in [-0.4, -0.2) is 15.5 Å². The largest absolute Gasteiger partial charge is 0.379 e. The first kappa shape index (κ1) is 13.4. The van der Waals surface area contributed by atoms with E-state index in [0.717, 1.165) is 11.4 Å². The average molecular weight is 279 g/mol. The van der Waals surface area contributed by atoms with Crippen molar-refractivity contribution in [3.05, 3.63) is 41.4 Å². The Kier molecular flexibility index (Phi) is 4.06. The smallest absolute Gasteiger partial charge is 0.221 e. The van der Waals surface area contributed by atoms with E-state index in [4.69, 9.17) is 11.6 Å². The first-order valence-electron chi connectivity index (χ1n) is 5.82. The highest BCUT2D eigenvalue weighted by Crippen LogP contribution is 2.25. The summed E-state index contributed by atoms with van der Waals surface area (Å²) in [6.45, 7) is 2.11. The van der Waals surface area contributed by atoms with Gasteiger partial charge in [0.25, 0.3) is 0 Å². The van der Waals surface area contributed by atoms with Crippen LogP contribution in [0.2, 0.25) is 5.02 Å². The summed E-state index contributed by atoms with van der Waals surface area (Å²) in [4.78, 5) is 15.0. The van der Waals surface area contributed by atoms with E-state index in [9.17, 15) is 4.79 Å². The predicted octanol–water partition coefficient (Wildman–Crippen LogP) is 2.64. The molecular formula is C13H15ClN4O. The molecule has 2 rings (SSSR count). The average Bonchev–Trinajstić information content (AvgIpc) is 2.75. The van der Waals surface area contributed by atoms with E-state index in [1.54, 1.807) is 24.7 Å². The number of imidazole rings is 1. The third-order valence-corrected chi connectivity index (χ3v) is 2.98. The minimum atomic E-state index is -0.141. The van der Waals surface area contributed by atoms with Crippen LogP contribution in [0, 0.1) is 0 Å². The summed E-state index contributed by atoms with van der Waals surface area (Å²) < 4.78 is 1.94. The number of halogens is 1. The van der Waals surface area contributed by atoms with Crippen molar-refractivity contribution in [1.29, 1.82) is 0 Å². The zero-order chi connectivity index (χ0) is 13.8. The summed E-state index contributed by atoms with van der Waals surface area (Å²) >= 11 is 6.09. The Bertz CT molecular complexity index is 594. The second-order valence-electron chi connectivity index (χ2n) is 4.23. The van der Waals surface area contributed by atoms with E-state index < -0.39 is 0 Å². The Morgan fingerprint density at radius 2 is 2.26 bits per heavy atom. The molecule has 2 N–H and O–H groups in total. The second-order valence-corrected chi connectivity index (χ2v) is 4.63. The summed E-state index contributed by atoms with van der Waals surface area (Å²) in [7, 11) is 1.94. The number of rotatable bonds is 4. The molecule has 0 radical (unpaired) electrons. The number of amides is 1. The maximum Gasteiger partial charge on any atom is 0.221 e. The molecule has 0 aliphatic heterocycles. The van der Waals surface area contributed by atoms with Gasteiger partial charge < -0.3 is 15.2 Å². The summed E-state index contributed by atoms with van der Waals surface area (Å²) in [5.74, 6) is -0.141. The zero-order valence-corrected chi connectivity index (χ0v) is 11.5. The quantitative estimate of drug-likeness (QED) is 0.904. The Labute approximate surface area is 116 Å². The molecule has 0 atom stereocenters. The van der Waals surface area contributed by atoms with Crippen LogP contribution < -0.4 is 10.6 Å². The van der Waals surface area contributed by atoms with Crippen LogP contribution in [0.4, 0.5) is 11.4 Å². The van der Waals surface area contributed by atoms with Crippen molar-refractivity contribution < 1.29 is 4.79 Å². The maximum absolute atomic E-state index is 11.0. The molecule has 1 amide bonds. The highest BCUT2D eigenvalue weighted by molar-refractivity contribution is 6.34. The Morgan fingerprint density at radius 3 is 2.84 bits per heavy atom. The lowest BCUT2D eigenvalue weighted by Gasteiger charge is -2.10. The second kappa shape index (κ2) is 5.75.